The third-order valence-corrected chi connectivity index (χ3v) is 3.02. The number of carbonyl (C=O) groups excluding carboxylic acids is 1. The molecule has 0 radical (unpaired) electrons. The summed E-state index contributed by atoms with van der Waals surface area (Å²) in [5.41, 5.74) is -0.166. The van der Waals surface area contributed by atoms with Gasteiger partial charge in [0.05, 0.1) is 18.8 Å². The van der Waals surface area contributed by atoms with Gasteiger partial charge in [-0.2, -0.15) is 10.3 Å². The van der Waals surface area contributed by atoms with Crippen molar-refractivity contribution in [1.82, 2.24) is 15.4 Å². The Morgan fingerprint density at radius 3 is 2.74 bits per heavy atom. The molecule has 1 N–H and O–H groups in total. The number of ether oxygens (including phenoxy) is 2. The molecule has 0 bridgehead atoms. The zero-order chi connectivity index (χ0) is 16.8. The maximum Gasteiger partial charge on any atom is 0.361 e. The number of nitrogens with one attached hydrogen (secondary N) is 1. The molecule has 2 rings (SSSR count). The number of carbonyl (C=O) groups is 1. The van der Waals surface area contributed by atoms with Crippen LogP contribution in [0.3, 0.4) is 0 Å². The number of aromatic nitrogens is 3. The lowest BCUT2D eigenvalue weighted by Crippen LogP contribution is -2.08. The molecule has 2 aromatic rings. The summed E-state index contributed by atoms with van der Waals surface area (Å²) in [5, 5.41) is 9.78. The summed E-state index contributed by atoms with van der Waals surface area (Å²) < 4.78 is 37.9. The van der Waals surface area contributed by atoms with Gasteiger partial charge in [0.2, 0.25) is 0 Å². The third kappa shape index (κ3) is 3.82. The Morgan fingerprint density at radius 2 is 2.04 bits per heavy atom. The Bertz CT molecular complexity index is 689. The van der Waals surface area contributed by atoms with E-state index in [9.17, 15) is 13.6 Å². The summed E-state index contributed by atoms with van der Waals surface area (Å²) in [6.45, 7) is 4.00. The molecule has 0 amide bonds. The fourth-order valence-corrected chi connectivity index (χ4v) is 1.96. The molecule has 0 aliphatic heterocycles. The zero-order valence-electron chi connectivity index (χ0n) is 12.9. The van der Waals surface area contributed by atoms with Crippen LogP contribution in [0.5, 0.6) is 5.75 Å². The number of hydrogen-bond donors (Lipinski definition) is 1. The lowest BCUT2D eigenvalue weighted by molar-refractivity contribution is 0.0520. The molecule has 0 saturated carbocycles. The second-order valence-electron chi connectivity index (χ2n) is 4.71. The predicted octanol–water partition coefficient (Wildman–Crippen LogP) is 3.11. The molecule has 1 heterocycles. The maximum atomic E-state index is 14.1. The highest BCUT2D eigenvalue weighted by atomic mass is 19.1. The van der Waals surface area contributed by atoms with Gasteiger partial charge in [-0.05, 0) is 19.4 Å². The van der Waals surface area contributed by atoms with Crippen LogP contribution in [0.15, 0.2) is 12.1 Å². The number of halogens is 2. The van der Waals surface area contributed by atoms with E-state index in [0.29, 0.717) is 6.42 Å². The molecule has 8 heteroatoms. The minimum atomic E-state index is -0.867. The Balaban J connectivity index is 2.46. The normalized spacial score (nSPS) is 10.6. The summed E-state index contributed by atoms with van der Waals surface area (Å²) in [5.74, 6) is -2.58. The first-order chi connectivity index (χ1) is 11.1. The van der Waals surface area contributed by atoms with Gasteiger partial charge in [-0.1, -0.05) is 13.3 Å². The number of hydrogen-bond acceptors (Lipinski definition) is 5. The van der Waals surface area contributed by atoms with Crippen LogP contribution >= 0.6 is 0 Å². The van der Waals surface area contributed by atoms with Gasteiger partial charge in [-0.15, -0.1) is 5.10 Å². The molecule has 1 aromatic carbocycles. The van der Waals surface area contributed by atoms with Crippen LogP contribution in [0.1, 0.15) is 37.2 Å². The van der Waals surface area contributed by atoms with Crippen LogP contribution in [0.2, 0.25) is 0 Å². The molecule has 0 spiro atoms. The van der Waals surface area contributed by atoms with Gasteiger partial charge >= 0.3 is 5.97 Å². The van der Waals surface area contributed by atoms with Gasteiger partial charge in [0.15, 0.2) is 17.3 Å². The van der Waals surface area contributed by atoms with E-state index >= 15 is 0 Å². The van der Waals surface area contributed by atoms with E-state index in [2.05, 4.69) is 15.4 Å². The summed E-state index contributed by atoms with van der Waals surface area (Å²) in [7, 11) is 0. The van der Waals surface area contributed by atoms with Gasteiger partial charge in [-0.3, -0.25) is 0 Å². The van der Waals surface area contributed by atoms with E-state index in [1.807, 2.05) is 6.92 Å². The van der Waals surface area contributed by atoms with Crippen molar-refractivity contribution < 1.29 is 23.0 Å². The number of unbranched alkanes of at least 4 members (excludes halogenated alkanes) is 1. The van der Waals surface area contributed by atoms with Crippen molar-refractivity contribution in [3.63, 3.8) is 0 Å². The molecule has 0 saturated heterocycles. The molecule has 0 aliphatic rings. The monoisotopic (exact) mass is 325 g/mol. The second-order valence-corrected chi connectivity index (χ2v) is 4.71. The van der Waals surface area contributed by atoms with E-state index in [-0.39, 0.29) is 35.9 Å². The molecule has 0 fully saturated rings. The van der Waals surface area contributed by atoms with Crippen molar-refractivity contribution in [2.24, 2.45) is 0 Å². The Hall–Kier alpha value is -2.51. The van der Waals surface area contributed by atoms with Crippen LogP contribution in [0.4, 0.5) is 8.78 Å². The first-order valence-corrected chi connectivity index (χ1v) is 7.28. The van der Waals surface area contributed by atoms with Gasteiger partial charge in [0, 0.05) is 6.07 Å². The number of rotatable bonds is 7. The van der Waals surface area contributed by atoms with Gasteiger partial charge in [0.25, 0.3) is 0 Å². The van der Waals surface area contributed by atoms with Crippen molar-refractivity contribution >= 4 is 5.97 Å². The largest absolute Gasteiger partial charge is 0.490 e. The van der Waals surface area contributed by atoms with E-state index in [1.54, 1.807) is 6.92 Å². The van der Waals surface area contributed by atoms with Crippen molar-refractivity contribution in [2.75, 3.05) is 13.2 Å². The highest BCUT2D eigenvalue weighted by Gasteiger charge is 2.24. The number of esters is 1. The fraction of sp³-hybridized carbons (Fsp3) is 0.400. The molecule has 0 unspecified atom stereocenters. The fourth-order valence-electron chi connectivity index (χ4n) is 1.96. The van der Waals surface area contributed by atoms with Gasteiger partial charge < -0.3 is 9.47 Å². The smallest absolute Gasteiger partial charge is 0.361 e. The third-order valence-electron chi connectivity index (χ3n) is 3.02. The van der Waals surface area contributed by atoms with Crippen molar-refractivity contribution in [1.29, 1.82) is 0 Å². The topological polar surface area (TPSA) is 77.1 Å². The van der Waals surface area contributed by atoms with Crippen LogP contribution in [-0.2, 0) is 4.74 Å². The van der Waals surface area contributed by atoms with Crippen molar-refractivity contribution in [2.45, 2.75) is 26.7 Å². The highest BCUT2D eigenvalue weighted by Crippen LogP contribution is 2.34. The van der Waals surface area contributed by atoms with E-state index < -0.39 is 17.6 Å². The summed E-state index contributed by atoms with van der Waals surface area (Å²) in [4.78, 5) is 11.9. The molecule has 0 aliphatic carbocycles. The quantitative estimate of drug-likeness (QED) is 0.625. The second kappa shape index (κ2) is 7.66. The first kappa shape index (κ1) is 16.9. The highest BCUT2D eigenvalue weighted by molar-refractivity contribution is 5.94. The van der Waals surface area contributed by atoms with Gasteiger partial charge in [0.1, 0.15) is 11.5 Å². The lowest BCUT2D eigenvalue weighted by Gasteiger charge is -2.11. The molecule has 23 heavy (non-hydrogen) atoms. The Morgan fingerprint density at radius 1 is 1.26 bits per heavy atom. The molecular weight excluding hydrogens is 308 g/mol. The minimum Gasteiger partial charge on any atom is -0.490 e. The predicted molar refractivity (Wildman–Crippen MR) is 78.1 cm³/mol. The SMILES string of the molecule is CCCCOc1c(F)cc(F)cc1-c1n[nH]nc1C(=O)OCC. The average molecular weight is 325 g/mol. The maximum absolute atomic E-state index is 14.1. The van der Waals surface area contributed by atoms with E-state index in [1.165, 1.54) is 0 Å². The minimum absolute atomic E-state index is 0.00964. The lowest BCUT2D eigenvalue weighted by atomic mass is 10.1. The number of nitrogens with zero attached hydrogens (tertiary/aromatic N) is 2. The standard InChI is InChI=1S/C15H17F2N3O3/c1-3-5-6-23-14-10(7-9(16)8-11(14)17)12-13(19-20-18-12)15(21)22-4-2/h7-8H,3-6H2,1-2H3,(H,18,19,20). The molecule has 6 nitrogen and oxygen atoms in total. The molecule has 0 atom stereocenters. The molecular formula is C15H17F2N3O3. The molecule has 1 aromatic heterocycles. The first-order valence-electron chi connectivity index (χ1n) is 7.28. The van der Waals surface area contributed by atoms with Crippen molar-refractivity contribution in [3.8, 4) is 17.0 Å². The van der Waals surface area contributed by atoms with Crippen LogP contribution in [0.25, 0.3) is 11.3 Å². The average Bonchev–Trinajstić information content (AvgIpc) is 2.98. The Kier molecular flexibility index (Phi) is 5.61. The van der Waals surface area contributed by atoms with Crippen molar-refractivity contribution in [3.05, 3.63) is 29.5 Å². The number of H-pyrrole nitrogens is 1. The number of aromatic amines is 1. The number of benzene rings is 1. The van der Waals surface area contributed by atoms with Crippen LogP contribution in [-0.4, -0.2) is 34.6 Å². The zero-order valence-corrected chi connectivity index (χ0v) is 12.9. The molecule has 124 valence electrons. The van der Waals surface area contributed by atoms with Crippen LogP contribution < -0.4 is 4.74 Å². The van der Waals surface area contributed by atoms with E-state index in [0.717, 1.165) is 18.6 Å². The van der Waals surface area contributed by atoms with Gasteiger partial charge in [-0.25, -0.2) is 13.6 Å². The Labute approximate surface area is 131 Å². The summed E-state index contributed by atoms with van der Waals surface area (Å²) >= 11 is 0. The van der Waals surface area contributed by atoms with Crippen LogP contribution in [0, 0.1) is 11.6 Å². The summed E-state index contributed by atoms with van der Waals surface area (Å²) in [6.07, 6.45) is 1.57. The van der Waals surface area contributed by atoms with E-state index in [4.69, 9.17) is 9.47 Å². The summed E-state index contributed by atoms with van der Waals surface area (Å²) in [6, 6.07) is 1.76.